The van der Waals surface area contributed by atoms with E-state index >= 15 is 0 Å². The van der Waals surface area contributed by atoms with Gasteiger partial charge >= 0.3 is 5.97 Å². The smallest absolute Gasteiger partial charge is 0.311 e. The van der Waals surface area contributed by atoms with Gasteiger partial charge in [-0.3, -0.25) is 9.59 Å². The molecular weight excluding hydrogens is 376 g/mol. The molecule has 0 amide bonds. The number of rotatable bonds is 1. The van der Waals surface area contributed by atoms with Gasteiger partial charge in [0, 0.05) is 23.3 Å². The van der Waals surface area contributed by atoms with E-state index in [-0.39, 0.29) is 35.1 Å². The van der Waals surface area contributed by atoms with Crippen molar-refractivity contribution in [2.45, 2.75) is 78.9 Å². The van der Waals surface area contributed by atoms with E-state index in [1.165, 1.54) is 5.57 Å². The third kappa shape index (κ3) is 2.90. The number of ketones is 1. The zero-order valence-electron chi connectivity index (χ0n) is 19.1. The number of hydrogen-bond acceptors (Lipinski definition) is 4. The van der Waals surface area contributed by atoms with Crippen molar-refractivity contribution in [3.8, 4) is 0 Å². The first kappa shape index (κ1) is 21.5. The van der Waals surface area contributed by atoms with E-state index in [1.807, 2.05) is 33.8 Å². The van der Waals surface area contributed by atoms with E-state index in [0.29, 0.717) is 17.9 Å². The number of hydrogen-bond donors (Lipinski definition) is 1. The monoisotopic (exact) mass is 412 g/mol. The molecule has 3 saturated carbocycles. The average Bonchev–Trinajstić information content (AvgIpc) is 2.83. The Morgan fingerprint density at radius 1 is 1.17 bits per heavy atom. The van der Waals surface area contributed by atoms with Gasteiger partial charge in [-0.2, -0.15) is 0 Å². The van der Waals surface area contributed by atoms with Crippen LogP contribution in [0.15, 0.2) is 36.0 Å². The molecule has 0 heterocycles. The second-order valence-electron chi connectivity index (χ2n) is 11.6. The summed E-state index contributed by atoms with van der Waals surface area (Å²) in [6, 6.07) is 0. The van der Waals surface area contributed by atoms with Crippen molar-refractivity contribution in [2.24, 2.45) is 34.0 Å². The summed E-state index contributed by atoms with van der Waals surface area (Å²) in [4.78, 5) is 25.3. The van der Waals surface area contributed by atoms with Crippen LogP contribution in [0.3, 0.4) is 0 Å². The summed E-state index contributed by atoms with van der Waals surface area (Å²) in [5, 5.41) is 11.2. The van der Waals surface area contributed by atoms with Gasteiger partial charge in [-0.1, -0.05) is 38.7 Å². The maximum absolute atomic E-state index is 12.9. The number of fused-ring (bicyclic) bond motifs is 5. The summed E-state index contributed by atoms with van der Waals surface area (Å²) in [6.45, 7) is 18.2. The molecule has 0 spiro atoms. The molecule has 0 aromatic heterocycles. The van der Waals surface area contributed by atoms with Gasteiger partial charge in [0.05, 0.1) is 11.5 Å². The van der Waals surface area contributed by atoms with Crippen molar-refractivity contribution in [3.63, 3.8) is 0 Å². The lowest BCUT2D eigenvalue weighted by Crippen LogP contribution is -2.55. The Morgan fingerprint density at radius 2 is 1.80 bits per heavy atom. The van der Waals surface area contributed by atoms with Crippen LogP contribution in [-0.4, -0.2) is 29.1 Å². The van der Waals surface area contributed by atoms with E-state index in [9.17, 15) is 14.7 Å². The van der Waals surface area contributed by atoms with Crippen LogP contribution < -0.4 is 0 Å². The molecule has 7 atom stereocenters. The Labute approximate surface area is 180 Å². The first-order chi connectivity index (χ1) is 13.8. The highest BCUT2D eigenvalue weighted by molar-refractivity contribution is 6.07. The molecule has 4 aliphatic rings. The third-order valence-electron chi connectivity index (χ3n) is 8.70. The number of carbonyl (C=O) groups excluding carboxylic acids is 2. The van der Waals surface area contributed by atoms with Crippen molar-refractivity contribution in [1.82, 2.24) is 0 Å². The van der Waals surface area contributed by atoms with E-state index in [4.69, 9.17) is 4.74 Å². The second-order valence-corrected chi connectivity index (χ2v) is 11.6. The molecule has 0 radical (unpaired) electrons. The predicted octanol–water partition coefficient (Wildman–Crippen LogP) is 4.78. The Kier molecular flexibility index (Phi) is 4.78. The van der Waals surface area contributed by atoms with Crippen LogP contribution in [0, 0.1) is 34.0 Å². The quantitative estimate of drug-likeness (QED) is 0.382. The number of ether oxygens (including phenoxy) is 1. The zero-order chi connectivity index (χ0) is 22.2. The van der Waals surface area contributed by atoms with Crippen LogP contribution >= 0.6 is 0 Å². The van der Waals surface area contributed by atoms with Crippen molar-refractivity contribution in [3.05, 3.63) is 36.0 Å². The maximum Gasteiger partial charge on any atom is 0.311 e. The van der Waals surface area contributed by atoms with Crippen molar-refractivity contribution >= 4 is 11.8 Å². The number of aliphatic hydroxyl groups is 1. The number of aliphatic hydroxyl groups excluding tert-OH is 1. The van der Waals surface area contributed by atoms with Gasteiger partial charge in [-0.25, -0.2) is 0 Å². The number of carbonyl (C=O) groups is 2. The molecule has 164 valence electrons. The van der Waals surface area contributed by atoms with Gasteiger partial charge < -0.3 is 9.84 Å². The van der Waals surface area contributed by atoms with Crippen LogP contribution in [0.1, 0.15) is 66.7 Å². The van der Waals surface area contributed by atoms with Crippen LogP contribution in [0.5, 0.6) is 0 Å². The zero-order valence-corrected chi connectivity index (χ0v) is 19.1. The van der Waals surface area contributed by atoms with Crippen LogP contribution in [0.2, 0.25) is 0 Å². The summed E-state index contributed by atoms with van der Waals surface area (Å²) in [5.41, 5.74) is 1.54. The number of Topliss-reactive ketones (excluding diaryl/α,β-unsaturated/α-hetero) is 1. The molecule has 1 N–H and O–H groups in total. The van der Waals surface area contributed by atoms with E-state index in [1.54, 1.807) is 0 Å². The predicted molar refractivity (Wildman–Crippen MR) is 116 cm³/mol. The molecule has 2 unspecified atom stereocenters. The highest BCUT2D eigenvalue weighted by Gasteiger charge is 2.63. The van der Waals surface area contributed by atoms with Crippen LogP contribution in [0.25, 0.3) is 0 Å². The van der Waals surface area contributed by atoms with Gasteiger partial charge in [0.2, 0.25) is 0 Å². The summed E-state index contributed by atoms with van der Waals surface area (Å²) in [5.74, 6) is 0.180. The maximum atomic E-state index is 12.9. The van der Waals surface area contributed by atoms with Gasteiger partial charge in [-0.15, -0.1) is 0 Å². The van der Waals surface area contributed by atoms with Crippen molar-refractivity contribution in [2.75, 3.05) is 0 Å². The average molecular weight is 413 g/mol. The van der Waals surface area contributed by atoms with Crippen molar-refractivity contribution in [1.29, 1.82) is 0 Å². The number of allylic oxidation sites excluding steroid dienone is 2. The molecule has 0 aliphatic heterocycles. The summed E-state index contributed by atoms with van der Waals surface area (Å²) in [7, 11) is 0. The summed E-state index contributed by atoms with van der Waals surface area (Å²) in [6.07, 6.45) is 5.44. The molecule has 0 bridgehead atoms. The molecule has 4 rings (SSSR count). The lowest BCUT2D eigenvalue weighted by atomic mass is 9.47. The fourth-order valence-corrected chi connectivity index (χ4v) is 6.82. The van der Waals surface area contributed by atoms with E-state index in [0.717, 1.165) is 31.3 Å². The summed E-state index contributed by atoms with van der Waals surface area (Å²) >= 11 is 0. The SMILES string of the molecule is C=C1C(=C)[C@H]2[C@@H]3C(O)C=C4CC(OC(=O)C(C)(C)C)CC[C@]4(C)[C@@H]3CC[C@]2(C)C1=O. The molecular formula is C26H36O4. The fourth-order valence-electron chi connectivity index (χ4n) is 6.82. The minimum atomic E-state index is -0.616. The largest absolute Gasteiger partial charge is 0.462 e. The second kappa shape index (κ2) is 6.66. The molecule has 4 nitrogen and oxygen atoms in total. The van der Waals surface area contributed by atoms with Gasteiger partial charge in [-0.05, 0) is 69.3 Å². The van der Waals surface area contributed by atoms with Crippen LogP contribution in [-0.2, 0) is 14.3 Å². The summed E-state index contributed by atoms with van der Waals surface area (Å²) < 4.78 is 5.82. The molecule has 0 saturated heterocycles. The lowest BCUT2D eigenvalue weighted by molar-refractivity contribution is -0.161. The van der Waals surface area contributed by atoms with Crippen LogP contribution in [0.4, 0.5) is 0 Å². The van der Waals surface area contributed by atoms with E-state index in [2.05, 4.69) is 20.1 Å². The van der Waals surface area contributed by atoms with Crippen molar-refractivity contribution < 1.29 is 19.4 Å². The molecule has 30 heavy (non-hydrogen) atoms. The highest BCUT2D eigenvalue weighted by atomic mass is 16.5. The van der Waals surface area contributed by atoms with Gasteiger partial charge in [0.15, 0.2) is 5.78 Å². The third-order valence-corrected chi connectivity index (χ3v) is 8.70. The van der Waals surface area contributed by atoms with Gasteiger partial charge in [0.1, 0.15) is 6.10 Å². The Morgan fingerprint density at radius 3 is 2.43 bits per heavy atom. The normalized spacial score (nSPS) is 43.5. The Bertz CT molecular complexity index is 859. The first-order valence-electron chi connectivity index (χ1n) is 11.3. The van der Waals surface area contributed by atoms with E-state index < -0.39 is 16.9 Å². The molecule has 3 fully saturated rings. The Balaban J connectivity index is 1.64. The Hall–Kier alpha value is -1.68. The minimum Gasteiger partial charge on any atom is -0.462 e. The fraction of sp³-hybridized carbons (Fsp3) is 0.692. The number of esters is 1. The van der Waals surface area contributed by atoms with Gasteiger partial charge in [0.25, 0.3) is 0 Å². The lowest BCUT2D eigenvalue weighted by Gasteiger charge is -2.58. The molecule has 0 aromatic carbocycles. The topological polar surface area (TPSA) is 63.6 Å². The standard InChI is InChI=1S/C26H36O4/c1-14-15(2)22(28)26(7)11-9-18-20(21(14)26)19(27)13-16-12-17(8-10-25(16,18)6)30-23(29)24(3,4)5/h13,17-21,27H,1-2,8-12H2,3-7H3/t17?,18-,19?,20+,21+,25+,26+/m1/s1. The molecule has 4 aliphatic carbocycles. The molecule has 4 heteroatoms. The minimum absolute atomic E-state index is 0.0122. The first-order valence-corrected chi connectivity index (χ1v) is 11.3. The highest BCUT2D eigenvalue weighted by Crippen LogP contribution is 2.65. The molecule has 0 aromatic rings.